The van der Waals surface area contributed by atoms with Gasteiger partial charge in [0.05, 0.1) is 10.6 Å². The van der Waals surface area contributed by atoms with Crippen molar-refractivity contribution >= 4 is 39.7 Å². The minimum absolute atomic E-state index is 0.0608. The third kappa shape index (κ3) is 2.74. The van der Waals surface area contributed by atoms with E-state index in [4.69, 9.17) is 11.6 Å². The molecule has 0 bridgehead atoms. The Morgan fingerprint density at radius 2 is 2.24 bits per heavy atom. The number of rotatable bonds is 3. The van der Waals surface area contributed by atoms with Crippen LogP contribution in [0.1, 0.15) is 27.3 Å². The molecule has 8 heteroatoms. The summed E-state index contributed by atoms with van der Waals surface area (Å²) in [5.41, 5.74) is 1.10. The highest BCUT2D eigenvalue weighted by Crippen LogP contribution is 2.31. The summed E-state index contributed by atoms with van der Waals surface area (Å²) in [6, 6.07) is 3.88. The number of nitrogens with one attached hydrogen (secondary N) is 1. The van der Waals surface area contributed by atoms with Crippen LogP contribution >= 0.6 is 22.9 Å². The molecule has 2 aromatic rings. The van der Waals surface area contributed by atoms with E-state index in [1.54, 1.807) is 0 Å². The summed E-state index contributed by atoms with van der Waals surface area (Å²) in [5, 5.41) is 13.9. The van der Waals surface area contributed by atoms with Crippen molar-refractivity contribution < 1.29 is 9.72 Å². The van der Waals surface area contributed by atoms with Gasteiger partial charge >= 0.3 is 0 Å². The number of thiazole rings is 1. The minimum Gasteiger partial charge on any atom is -0.298 e. The van der Waals surface area contributed by atoms with Crippen LogP contribution in [0.25, 0.3) is 0 Å². The maximum atomic E-state index is 12.1. The molecule has 0 saturated carbocycles. The van der Waals surface area contributed by atoms with E-state index < -0.39 is 4.92 Å². The number of aromatic nitrogens is 1. The van der Waals surface area contributed by atoms with Crippen LogP contribution in [-0.2, 0) is 12.8 Å². The summed E-state index contributed by atoms with van der Waals surface area (Å²) < 4.78 is 0. The third-order valence-electron chi connectivity index (χ3n) is 3.22. The number of carbonyl (C=O) groups excluding carboxylic acids is 1. The zero-order chi connectivity index (χ0) is 15.0. The quantitative estimate of drug-likeness (QED) is 0.692. The number of hydrogen-bond donors (Lipinski definition) is 1. The highest BCUT2D eigenvalue weighted by Gasteiger charge is 2.19. The lowest BCUT2D eigenvalue weighted by Gasteiger charge is -2.03. The lowest BCUT2D eigenvalue weighted by atomic mass is 10.2. The zero-order valence-corrected chi connectivity index (χ0v) is 12.3. The Labute approximate surface area is 128 Å². The minimum atomic E-state index is -0.588. The van der Waals surface area contributed by atoms with Crippen LogP contribution in [0.3, 0.4) is 0 Å². The molecule has 3 rings (SSSR count). The Hall–Kier alpha value is -1.99. The van der Waals surface area contributed by atoms with Crippen molar-refractivity contribution in [1.29, 1.82) is 0 Å². The van der Waals surface area contributed by atoms with E-state index in [1.807, 2.05) is 0 Å². The highest BCUT2D eigenvalue weighted by molar-refractivity contribution is 7.16. The number of benzene rings is 1. The van der Waals surface area contributed by atoms with E-state index in [1.165, 1.54) is 34.4 Å². The van der Waals surface area contributed by atoms with Gasteiger partial charge in [-0.2, -0.15) is 0 Å². The molecule has 1 aliphatic rings. The summed E-state index contributed by atoms with van der Waals surface area (Å²) in [6.45, 7) is 0. The molecular weight excluding hydrogens is 314 g/mol. The first-order chi connectivity index (χ1) is 10.0. The summed E-state index contributed by atoms with van der Waals surface area (Å²) in [7, 11) is 0. The number of anilines is 1. The van der Waals surface area contributed by atoms with Gasteiger partial charge in [0.15, 0.2) is 5.13 Å². The van der Waals surface area contributed by atoms with Crippen LogP contribution in [0, 0.1) is 10.1 Å². The number of nitrogens with zero attached hydrogens (tertiary/aromatic N) is 2. The normalized spacial score (nSPS) is 13.0. The van der Waals surface area contributed by atoms with Gasteiger partial charge in [0, 0.05) is 16.5 Å². The van der Waals surface area contributed by atoms with Crippen LogP contribution in [0.2, 0.25) is 5.02 Å². The Morgan fingerprint density at radius 3 is 2.90 bits per heavy atom. The van der Waals surface area contributed by atoms with Crippen LogP contribution in [0.4, 0.5) is 10.8 Å². The van der Waals surface area contributed by atoms with Gasteiger partial charge in [0.25, 0.3) is 11.6 Å². The lowest BCUT2D eigenvalue weighted by Crippen LogP contribution is -2.12. The molecule has 0 atom stereocenters. The summed E-state index contributed by atoms with van der Waals surface area (Å²) in [4.78, 5) is 27.8. The fourth-order valence-electron chi connectivity index (χ4n) is 2.21. The molecule has 1 heterocycles. The van der Waals surface area contributed by atoms with Gasteiger partial charge in [-0.25, -0.2) is 4.98 Å². The van der Waals surface area contributed by atoms with Crippen molar-refractivity contribution in [3.8, 4) is 0 Å². The SMILES string of the molecule is O=C(Nc1nc2c(s1)CCC2)c1ccc([N+](=O)[O-])c(Cl)c1. The fourth-order valence-corrected chi connectivity index (χ4v) is 3.50. The number of carbonyl (C=O) groups is 1. The van der Waals surface area contributed by atoms with E-state index in [-0.39, 0.29) is 22.2 Å². The Bertz CT molecular complexity index is 723. The largest absolute Gasteiger partial charge is 0.298 e. The average molecular weight is 324 g/mol. The lowest BCUT2D eigenvalue weighted by molar-refractivity contribution is -0.384. The zero-order valence-electron chi connectivity index (χ0n) is 10.8. The van der Waals surface area contributed by atoms with Crippen molar-refractivity contribution in [3.05, 3.63) is 49.5 Å². The number of amides is 1. The van der Waals surface area contributed by atoms with E-state index in [9.17, 15) is 14.9 Å². The van der Waals surface area contributed by atoms with E-state index in [2.05, 4.69) is 10.3 Å². The molecule has 21 heavy (non-hydrogen) atoms. The molecule has 0 spiro atoms. The van der Waals surface area contributed by atoms with Gasteiger partial charge in [0.2, 0.25) is 0 Å². The van der Waals surface area contributed by atoms with Gasteiger partial charge in [-0.15, -0.1) is 11.3 Å². The predicted molar refractivity (Wildman–Crippen MR) is 80.2 cm³/mol. The number of hydrogen-bond acceptors (Lipinski definition) is 5. The monoisotopic (exact) mass is 323 g/mol. The van der Waals surface area contributed by atoms with Gasteiger partial charge in [0.1, 0.15) is 5.02 Å². The van der Waals surface area contributed by atoms with E-state index in [0.29, 0.717) is 5.13 Å². The van der Waals surface area contributed by atoms with Crippen molar-refractivity contribution in [2.75, 3.05) is 5.32 Å². The standard InChI is InChI=1S/C13H10ClN3O3S/c14-8-6-7(4-5-10(8)17(19)20)12(18)16-13-15-9-2-1-3-11(9)21-13/h4-6H,1-3H2,(H,15,16,18). The van der Waals surface area contributed by atoms with Gasteiger partial charge in [-0.1, -0.05) is 11.6 Å². The first-order valence-corrected chi connectivity index (χ1v) is 7.48. The Morgan fingerprint density at radius 1 is 1.43 bits per heavy atom. The van der Waals surface area contributed by atoms with Crippen LogP contribution in [0.5, 0.6) is 0 Å². The van der Waals surface area contributed by atoms with Crippen LogP contribution in [-0.4, -0.2) is 15.8 Å². The fraction of sp³-hybridized carbons (Fsp3) is 0.231. The third-order valence-corrected chi connectivity index (χ3v) is 4.60. The van der Waals surface area contributed by atoms with E-state index >= 15 is 0 Å². The van der Waals surface area contributed by atoms with Gasteiger partial charge in [-0.05, 0) is 31.4 Å². The topological polar surface area (TPSA) is 85.1 Å². The predicted octanol–water partition coefficient (Wildman–Crippen LogP) is 3.45. The number of nitro benzene ring substituents is 1. The molecule has 0 saturated heterocycles. The molecule has 0 fully saturated rings. The second-order valence-electron chi connectivity index (χ2n) is 4.62. The van der Waals surface area contributed by atoms with Crippen molar-refractivity contribution in [3.63, 3.8) is 0 Å². The maximum absolute atomic E-state index is 12.1. The molecule has 1 aromatic carbocycles. The molecule has 0 radical (unpaired) electrons. The number of fused-ring (bicyclic) bond motifs is 1. The average Bonchev–Trinajstić information content (AvgIpc) is 2.98. The molecule has 0 unspecified atom stereocenters. The summed E-state index contributed by atoms with van der Waals surface area (Å²) in [6.07, 6.45) is 3.07. The molecule has 108 valence electrons. The number of aryl methyl sites for hydroxylation is 2. The Kier molecular flexibility index (Phi) is 3.60. The molecule has 1 aromatic heterocycles. The molecular formula is C13H10ClN3O3S. The number of halogens is 1. The van der Waals surface area contributed by atoms with Crippen LogP contribution < -0.4 is 5.32 Å². The molecule has 1 N–H and O–H groups in total. The molecule has 1 aliphatic carbocycles. The first-order valence-electron chi connectivity index (χ1n) is 6.28. The first kappa shape index (κ1) is 14.0. The van der Waals surface area contributed by atoms with E-state index in [0.717, 1.165) is 25.0 Å². The summed E-state index contributed by atoms with van der Waals surface area (Å²) >= 11 is 7.27. The van der Waals surface area contributed by atoms with Gasteiger partial charge < -0.3 is 0 Å². The highest BCUT2D eigenvalue weighted by atomic mass is 35.5. The smallest absolute Gasteiger partial charge is 0.287 e. The summed E-state index contributed by atoms with van der Waals surface area (Å²) in [5.74, 6) is -0.376. The molecule has 6 nitrogen and oxygen atoms in total. The Balaban J connectivity index is 1.78. The van der Waals surface area contributed by atoms with Gasteiger partial charge in [-0.3, -0.25) is 20.2 Å². The van der Waals surface area contributed by atoms with Crippen molar-refractivity contribution in [2.24, 2.45) is 0 Å². The molecule has 0 aliphatic heterocycles. The second-order valence-corrected chi connectivity index (χ2v) is 6.11. The second kappa shape index (κ2) is 5.42. The van der Waals surface area contributed by atoms with Crippen LogP contribution in [0.15, 0.2) is 18.2 Å². The van der Waals surface area contributed by atoms with Crippen molar-refractivity contribution in [2.45, 2.75) is 19.3 Å². The molecule has 1 amide bonds. The van der Waals surface area contributed by atoms with Crippen molar-refractivity contribution in [1.82, 2.24) is 4.98 Å². The maximum Gasteiger partial charge on any atom is 0.287 e. The number of nitro groups is 1.